The maximum absolute atomic E-state index is 12.1. The summed E-state index contributed by atoms with van der Waals surface area (Å²) in [6.07, 6.45) is -2.14. The monoisotopic (exact) mass is 400 g/mol. The van der Waals surface area contributed by atoms with Crippen LogP contribution in [0.1, 0.15) is 43.4 Å². The van der Waals surface area contributed by atoms with Crippen molar-refractivity contribution in [3.05, 3.63) is 53.1 Å². The van der Waals surface area contributed by atoms with E-state index in [2.05, 4.69) is 56.7 Å². The zero-order valence-electron chi connectivity index (χ0n) is 17.7. The minimum atomic E-state index is -4.78. The van der Waals surface area contributed by atoms with E-state index in [0.29, 0.717) is 5.56 Å². The molecule has 6 heteroatoms. The Morgan fingerprint density at radius 2 is 1.07 bits per heavy atom. The van der Waals surface area contributed by atoms with Gasteiger partial charge in [0.2, 0.25) is 5.75 Å². The zero-order chi connectivity index (χ0) is 21.7. The number of hydrogen-bond acceptors (Lipinski definition) is 3. The summed E-state index contributed by atoms with van der Waals surface area (Å²) >= 11 is 0. The maximum Gasteiger partial charge on any atom is 0.573 e. The van der Waals surface area contributed by atoms with Gasteiger partial charge in [0, 0.05) is 0 Å². The summed E-state index contributed by atoms with van der Waals surface area (Å²) in [5, 5.41) is 0. The van der Waals surface area contributed by atoms with Crippen molar-refractivity contribution in [2.45, 2.75) is 53.8 Å². The van der Waals surface area contributed by atoms with E-state index in [1.54, 1.807) is 6.92 Å². The van der Waals surface area contributed by atoms with Crippen molar-refractivity contribution in [2.24, 2.45) is 0 Å². The number of benzene rings is 2. The number of methoxy groups -OCH3 is 2. The van der Waals surface area contributed by atoms with Crippen molar-refractivity contribution >= 4 is 0 Å². The lowest BCUT2D eigenvalue weighted by Gasteiger charge is -2.16. The molecule has 0 atom stereocenters. The molecule has 0 aliphatic heterocycles. The van der Waals surface area contributed by atoms with Crippen LogP contribution < -0.4 is 14.2 Å². The van der Waals surface area contributed by atoms with Crippen LogP contribution >= 0.6 is 0 Å². The summed E-state index contributed by atoms with van der Waals surface area (Å²) in [4.78, 5) is 0. The van der Waals surface area contributed by atoms with E-state index in [4.69, 9.17) is 9.47 Å². The first-order chi connectivity index (χ1) is 13.1. The van der Waals surface area contributed by atoms with E-state index in [9.17, 15) is 13.2 Å². The lowest BCUT2D eigenvalue weighted by Crippen LogP contribution is -2.18. The molecule has 0 bridgehead atoms. The van der Waals surface area contributed by atoms with E-state index >= 15 is 0 Å². The van der Waals surface area contributed by atoms with E-state index in [1.165, 1.54) is 50.3 Å². The van der Waals surface area contributed by atoms with Gasteiger partial charge >= 0.3 is 6.36 Å². The lowest BCUT2D eigenvalue weighted by molar-refractivity contribution is -0.275. The molecule has 0 unspecified atom stereocenters. The van der Waals surface area contributed by atoms with Crippen LogP contribution in [0.4, 0.5) is 13.2 Å². The third-order valence-electron chi connectivity index (χ3n) is 3.54. The fourth-order valence-electron chi connectivity index (χ4n) is 1.86. The fraction of sp³-hybridized carbons (Fsp3) is 0.455. The molecule has 0 aromatic heterocycles. The highest BCUT2D eigenvalue weighted by Crippen LogP contribution is 2.41. The standard InChI is InChI=1S/C10H11F3O3.C8H10.C4H10/c1-6-4-7(14-2)9(8(5-6)15-3)16-10(11,12)13;1-7-3-5-8(2)6-4-7;1-3-4-2/h4-5H,1-3H3;3-6H,1-2H3;3-4H2,1-2H3. The average Bonchev–Trinajstić information content (AvgIpc) is 2.64. The quantitative estimate of drug-likeness (QED) is 0.552. The second-order valence-corrected chi connectivity index (χ2v) is 6.20. The van der Waals surface area contributed by atoms with Crippen LogP contribution in [-0.4, -0.2) is 20.6 Å². The minimum absolute atomic E-state index is 0.0193. The van der Waals surface area contributed by atoms with Gasteiger partial charge in [-0.3, -0.25) is 0 Å². The number of halogens is 3. The number of alkyl halides is 3. The van der Waals surface area contributed by atoms with Gasteiger partial charge in [-0.15, -0.1) is 13.2 Å². The summed E-state index contributed by atoms with van der Waals surface area (Å²) in [5.74, 6) is -0.508. The largest absolute Gasteiger partial charge is 0.573 e. The van der Waals surface area contributed by atoms with Crippen molar-refractivity contribution < 1.29 is 27.4 Å². The number of unbranched alkanes of at least 4 members (excludes halogenated alkanes) is 1. The molecule has 0 saturated carbocycles. The molecule has 158 valence electrons. The number of ether oxygens (including phenoxy) is 3. The molecule has 0 amide bonds. The van der Waals surface area contributed by atoms with Crippen molar-refractivity contribution in [3.63, 3.8) is 0 Å². The summed E-state index contributed by atoms with van der Waals surface area (Å²) in [5.41, 5.74) is 3.37. The van der Waals surface area contributed by atoms with Gasteiger partial charge in [-0.1, -0.05) is 62.1 Å². The molecule has 0 aliphatic rings. The Morgan fingerprint density at radius 3 is 1.32 bits per heavy atom. The smallest absolute Gasteiger partial charge is 0.493 e. The topological polar surface area (TPSA) is 27.7 Å². The average molecular weight is 400 g/mol. The van der Waals surface area contributed by atoms with Crippen molar-refractivity contribution in [1.29, 1.82) is 0 Å². The third kappa shape index (κ3) is 10.7. The Balaban J connectivity index is 0.000000502. The number of aryl methyl sites for hydroxylation is 3. The normalized spacial score (nSPS) is 10.1. The molecule has 0 spiro atoms. The Labute approximate surface area is 166 Å². The molecule has 0 aliphatic carbocycles. The van der Waals surface area contributed by atoms with E-state index in [1.807, 2.05) is 0 Å². The highest BCUT2D eigenvalue weighted by molar-refractivity contribution is 5.53. The summed E-state index contributed by atoms with van der Waals surface area (Å²) in [7, 11) is 2.52. The molecule has 3 nitrogen and oxygen atoms in total. The first-order valence-corrected chi connectivity index (χ1v) is 9.09. The zero-order valence-corrected chi connectivity index (χ0v) is 17.7. The van der Waals surface area contributed by atoms with Gasteiger partial charge in [0.25, 0.3) is 0 Å². The van der Waals surface area contributed by atoms with Gasteiger partial charge in [0.15, 0.2) is 11.5 Å². The number of rotatable bonds is 4. The van der Waals surface area contributed by atoms with Crippen LogP contribution in [0.2, 0.25) is 0 Å². The Hall–Kier alpha value is -2.37. The second kappa shape index (κ2) is 12.9. The Bertz CT molecular complexity index is 632. The lowest BCUT2D eigenvalue weighted by atomic mass is 10.2. The molecule has 2 rings (SSSR count). The molecule has 0 N–H and O–H groups in total. The molecule has 0 radical (unpaired) electrons. The predicted molar refractivity (Wildman–Crippen MR) is 107 cm³/mol. The van der Waals surface area contributed by atoms with Crippen LogP contribution in [-0.2, 0) is 0 Å². The molecule has 28 heavy (non-hydrogen) atoms. The SMILES string of the molecule is CCCC.COc1cc(C)cc(OC)c1OC(F)(F)F.Cc1ccc(C)cc1. The molecule has 0 fully saturated rings. The van der Waals surface area contributed by atoms with Gasteiger partial charge in [-0.2, -0.15) is 0 Å². The van der Waals surface area contributed by atoms with Crippen molar-refractivity contribution in [1.82, 2.24) is 0 Å². The first kappa shape index (κ1) is 25.6. The van der Waals surface area contributed by atoms with E-state index in [0.717, 1.165) is 0 Å². The van der Waals surface area contributed by atoms with Crippen molar-refractivity contribution in [3.8, 4) is 17.2 Å². The summed E-state index contributed by atoms with van der Waals surface area (Å²) < 4.78 is 49.9. The van der Waals surface area contributed by atoms with Gasteiger partial charge in [-0.05, 0) is 38.5 Å². The maximum atomic E-state index is 12.1. The van der Waals surface area contributed by atoms with Crippen LogP contribution in [0, 0.1) is 20.8 Å². The predicted octanol–water partition coefficient (Wildman–Crippen LogP) is 7.02. The third-order valence-corrected chi connectivity index (χ3v) is 3.54. The van der Waals surface area contributed by atoms with Gasteiger partial charge in [-0.25, -0.2) is 0 Å². The molecule has 2 aromatic rings. The summed E-state index contributed by atoms with van der Waals surface area (Å²) in [6.45, 7) is 10.3. The van der Waals surface area contributed by atoms with Crippen LogP contribution in [0.5, 0.6) is 17.2 Å². The van der Waals surface area contributed by atoms with Gasteiger partial charge in [0.1, 0.15) is 0 Å². The minimum Gasteiger partial charge on any atom is -0.493 e. The van der Waals surface area contributed by atoms with E-state index in [-0.39, 0.29) is 11.5 Å². The van der Waals surface area contributed by atoms with Crippen molar-refractivity contribution in [2.75, 3.05) is 14.2 Å². The van der Waals surface area contributed by atoms with Crippen LogP contribution in [0.15, 0.2) is 36.4 Å². The van der Waals surface area contributed by atoms with E-state index < -0.39 is 12.1 Å². The van der Waals surface area contributed by atoms with Gasteiger partial charge in [0.05, 0.1) is 14.2 Å². The van der Waals surface area contributed by atoms with Gasteiger partial charge < -0.3 is 14.2 Å². The first-order valence-electron chi connectivity index (χ1n) is 9.09. The molecular weight excluding hydrogens is 369 g/mol. The second-order valence-electron chi connectivity index (χ2n) is 6.20. The summed E-state index contributed by atoms with van der Waals surface area (Å²) in [6, 6.07) is 11.3. The molecule has 0 saturated heterocycles. The highest BCUT2D eigenvalue weighted by atomic mass is 19.4. The molecule has 0 heterocycles. The fourth-order valence-corrected chi connectivity index (χ4v) is 1.86. The molecular formula is C22H31F3O3. The van der Waals surface area contributed by atoms with Crippen LogP contribution in [0.25, 0.3) is 0 Å². The Kier molecular flexibility index (Phi) is 11.8. The highest BCUT2D eigenvalue weighted by Gasteiger charge is 2.34. The van der Waals surface area contributed by atoms with Crippen LogP contribution in [0.3, 0.4) is 0 Å². The number of hydrogen-bond donors (Lipinski definition) is 0. The molecule has 2 aromatic carbocycles. The Morgan fingerprint density at radius 1 is 0.714 bits per heavy atom.